The highest BCUT2D eigenvalue weighted by Crippen LogP contribution is 2.46. The zero-order valence-electron chi connectivity index (χ0n) is 22.6. The summed E-state index contributed by atoms with van der Waals surface area (Å²) in [7, 11) is 0. The highest BCUT2D eigenvalue weighted by Gasteiger charge is 2.18. The molecule has 9 rings (SSSR count). The smallest absolute Gasteiger partial charge is 0.188 e. The summed E-state index contributed by atoms with van der Waals surface area (Å²) in [6.07, 6.45) is 0. The highest BCUT2D eigenvalue weighted by atomic mass is 32.1. The Morgan fingerprint density at radius 3 is 1.93 bits per heavy atom. The molecule has 0 spiro atoms. The van der Waals surface area contributed by atoms with Crippen LogP contribution in [-0.2, 0) is 0 Å². The molecule has 5 heteroatoms. The van der Waals surface area contributed by atoms with Gasteiger partial charge in [0.05, 0.1) is 29.9 Å². The molecule has 0 amide bonds. The molecule has 0 N–H and O–H groups in total. The molecule has 43 heavy (non-hydrogen) atoms. The van der Waals surface area contributed by atoms with Crippen molar-refractivity contribution in [3.8, 4) is 16.8 Å². The Morgan fingerprint density at radius 2 is 1.16 bits per heavy atom. The molecule has 0 saturated heterocycles. The van der Waals surface area contributed by atoms with Gasteiger partial charge in [-0.25, -0.2) is 9.69 Å². The summed E-state index contributed by atoms with van der Waals surface area (Å²) in [6.45, 7) is 15.3. The molecule has 0 bridgehead atoms. The summed E-state index contributed by atoms with van der Waals surface area (Å²) in [6, 6.07) is 40.3. The van der Waals surface area contributed by atoms with Crippen LogP contribution in [0.5, 0.6) is 0 Å². The van der Waals surface area contributed by atoms with Crippen LogP contribution in [0.25, 0.3) is 88.7 Å². The topological polar surface area (TPSA) is 13.6 Å². The summed E-state index contributed by atoms with van der Waals surface area (Å²) in [5, 5.41) is 7.26. The minimum Gasteiger partial charge on any atom is -0.309 e. The molecule has 198 valence electrons. The number of hydrogen-bond donors (Lipinski definition) is 0. The fourth-order valence-electron chi connectivity index (χ4n) is 6.52. The van der Waals surface area contributed by atoms with Crippen LogP contribution in [0.15, 0.2) is 115 Å². The lowest BCUT2D eigenvalue weighted by Crippen LogP contribution is -1.97. The fourth-order valence-corrected chi connectivity index (χ4v) is 8.93. The van der Waals surface area contributed by atoms with Gasteiger partial charge in [0.25, 0.3) is 0 Å². The van der Waals surface area contributed by atoms with Gasteiger partial charge in [-0.2, -0.15) is 0 Å². The fraction of sp³-hybridized carbons (Fsp3) is 0. The van der Waals surface area contributed by atoms with Crippen LogP contribution in [-0.4, -0.2) is 4.57 Å². The van der Waals surface area contributed by atoms with E-state index in [4.69, 9.17) is 13.1 Å². The van der Waals surface area contributed by atoms with E-state index in [0.717, 1.165) is 33.2 Å². The van der Waals surface area contributed by atoms with E-state index in [9.17, 15) is 0 Å². The Bertz CT molecular complexity index is 2650. The molecule has 6 aromatic carbocycles. The molecule has 3 nitrogen and oxygen atoms in total. The first-order valence-corrected chi connectivity index (χ1v) is 15.5. The zero-order valence-corrected chi connectivity index (χ0v) is 24.3. The largest absolute Gasteiger partial charge is 0.309 e. The van der Waals surface area contributed by atoms with E-state index in [1.54, 1.807) is 11.3 Å². The lowest BCUT2D eigenvalue weighted by Gasteiger charge is -2.15. The lowest BCUT2D eigenvalue weighted by atomic mass is 9.99. The number of nitrogens with zero attached hydrogens (tertiary/aromatic N) is 3. The average molecular weight is 582 g/mol. The molecule has 0 atom stereocenters. The van der Waals surface area contributed by atoms with Crippen molar-refractivity contribution < 1.29 is 0 Å². The zero-order chi connectivity index (χ0) is 28.7. The number of thiophene rings is 2. The van der Waals surface area contributed by atoms with Crippen LogP contribution in [0, 0.1) is 13.1 Å². The molecule has 0 fully saturated rings. The highest BCUT2D eigenvalue weighted by molar-refractivity contribution is 7.29. The number of rotatable bonds is 2. The predicted molar refractivity (Wildman–Crippen MR) is 185 cm³/mol. The maximum absolute atomic E-state index is 7.80. The third-order valence-corrected chi connectivity index (χ3v) is 10.8. The summed E-state index contributed by atoms with van der Waals surface area (Å²) in [5.41, 5.74) is 6.76. The van der Waals surface area contributed by atoms with Gasteiger partial charge in [0.1, 0.15) is 0 Å². The molecule has 0 aliphatic carbocycles. The van der Waals surface area contributed by atoms with Crippen LogP contribution < -0.4 is 0 Å². The van der Waals surface area contributed by atoms with Crippen LogP contribution in [0.4, 0.5) is 11.4 Å². The molecule has 0 saturated carbocycles. The SMILES string of the molecule is [C-]#[N+]c1ccc(-n2c3ccccc3c3ccccc32)c(-c2ccc3sc4ccc5c6cc([N+]#[C-])ccc6sc5c4c3c2)c1. The van der Waals surface area contributed by atoms with Gasteiger partial charge >= 0.3 is 0 Å². The van der Waals surface area contributed by atoms with Crippen molar-refractivity contribution in [3.05, 3.63) is 138 Å². The lowest BCUT2D eigenvalue weighted by molar-refractivity contribution is 1.18. The van der Waals surface area contributed by atoms with Gasteiger partial charge < -0.3 is 4.57 Å². The van der Waals surface area contributed by atoms with Gasteiger partial charge in [0, 0.05) is 40.3 Å². The van der Waals surface area contributed by atoms with Crippen molar-refractivity contribution in [1.29, 1.82) is 0 Å². The second-order valence-electron chi connectivity index (χ2n) is 10.7. The van der Waals surface area contributed by atoms with Crippen LogP contribution in [0.1, 0.15) is 0 Å². The van der Waals surface area contributed by atoms with Gasteiger partial charge in [-0.15, -0.1) is 22.7 Å². The van der Waals surface area contributed by atoms with Gasteiger partial charge in [-0.1, -0.05) is 66.7 Å². The Morgan fingerprint density at radius 1 is 0.512 bits per heavy atom. The maximum Gasteiger partial charge on any atom is 0.188 e. The summed E-state index contributed by atoms with van der Waals surface area (Å²) in [5.74, 6) is 0. The first-order chi connectivity index (χ1) is 21.2. The number of fused-ring (bicyclic) bond motifs is 10. The van der Waals surface area contributed by atoms with Gasteiger partial charge in [0.15, 0.2) is 11.4 Å². The predicted octanol–water partition coefficient (Wildman–Crippen LogP) is 12.3. The van der Waals surface area contributed by atoms with Crippen molar-refractivity contribution in [3.63, 3.8) is 0 Å². The number of para-hydroxylation sites is 2. The van der Waals surface area contributed by atoms with Gasteiger partial charge in [-0.05, 0) is 70.4 Å². The van der Waals surface area contributed by atoms with E-state index in [2.05, 4.69) is 105 Å². The minimum atomic E-state index is 0.622. The monoisotopic (exact) mass is 581 g/mol. The maximum atomic E-state index is 7.80. The van der Waals surface area contributed by atoms with Crippen molar-refractivity contribution >= 4 is 96.2 Å². The van der Waals surface area contributed by atoms with Gasteiger partial charge in [0.2, 0.25) is 0 Å². The van der Waals surface area contributed by atoms with Crippen molar-refractivity contribution in [2.45, 2.75) is 0 Å². The third kappa shape index (κ3) is 3.44. The second-order valence-corrected chi connectivity index (χ2v) is 12.8. The first-order valence-electron chi connectivity index (χ1n) is 13.9. The van der Waals surface area contributed by atoms with E-state index in [1.165, 1.54) is 45.7 Å². The molecular formula is C38H19N3S2. The van der Waals surface area contributed by atoms with Crippen molar-refractivity contribution in [2.75, 3.05) is 0 Å². The Labute approximate surface area is 254 Å². The molecule has 0 unspecified atom stereocenters. The Balaban J connectivity index is 1.35. The molecule has 0 aliphatic heterocycles. The van der Waals surface area contributed by atoms with E-state index in [0.29, 0.717) is 11.4 Å². The summed E-state index contributed by atoms with van der Waals surface area (Å²) < 4.78 is 7.29. The normalized spacial score (nSPS) is 11.7. The second kappa shape index (κ2) is 9.02. The molecular weight excluding hydrogens is 563 g/mol. The molecule has 3 heterocycles. The van der Waals surface area contributed by atoms with E-state index >= 15 is 0 Å². The van der Waals surface area contributed by atoms with Crippen molar-refractivity contribution in [1.82, 2.24) is 4.57 Å². The molecule has 0 aliphatic rings. The van der Waals surface area contributed by atoms with E-state index in [-0.39, 0.29) is 0 Å². The number of hydrogen-bond acceptors (Lipinski definition) is 2. The molecule has 3 aromatic heterocycles. The third-order valence-electron chi connectivity index (χ3n) is 8.42. The van der Waals surface area contributed by atoms with Crippen LogP contribution >= 0.6 is 22.7 Å². The number of benzene rings is 6. The Kier molecular flexibility index (Phi) is 5.07. The minimum absolute atomic E-state index is 0.622. The first kappa shape index (κ1) is 24.2. The Hall–Kier alpha value is -5.46. The number of aromatic nitrogens is 1. The van der Waals surface area contributed by atoms with E-state index < -0.39 is 0 Å². The standard InChI is InChI=1S/C38H19N3S2/c1-39-23-12-15-33(41-31-9-5-3-7-25(31)26-8-4-6-10-32(26)41)28(20-23)22-11-16-35-30(19-22)37-36(42-35)18-14-27-29-21-24(40-2)13-17-34(29)43-38(27)37/h3-21H. The van der Waals surface area contributed by atoms with Crippen LogP contribution in [0.2, 0.25) is 0 Å². The summed E-state index contributed by atoms with van der Waals surface area (Å²) in [4.78, 5) is 7.48. The van der Waals surface area contributed by atoms with Crippen molar-refractivity contribution in [2.24, 2.45) is 0 Å². The average Bonchev–Trinajstić information content (AvgIpc) is 3.73. The van der Waals surface area contributed by atoms with Crippen LogP contribution in [0.3, 0.4) is 0 Å². The quantitative estimate of drug-likeness (QED) is 0.180. The van der Waals surface area contributed by atoms with Gasteiger partial charge in [-0.3, -0.25) is 0 Å². The molecule has 0 radical (unpaired) electrons. The molecule has 9 aromatic rings. The summed E-state index contributed by atoms with van der Waals surface area (Å²) >= 11 is 3.62. The van der Waals surface area contributed by atoms with E-state index in [1.807, 2.05) is 35.6 Å².